The first-order valence-corrected chi connectivity index (χ1v) is 11.6. The van der Waals surface area contributed by atoms with E-state index in [9.17, 15) is 0 Å². The van der Waals surface area contributed by atoms with Gasteiger partial charge in [-0.15, -0.1) is 0 Å². The summed E-state index contributed by atoms with van der Waals surface area (Å²) in [6.45, 7) is 8.01. The third kappa shape index (κ3) is 3.40. The summed E-state index contributed by atoms with van der Waals surface area (Å²) in [7, 11) is 0. The van der Waals surface area contributed by atoms with Crippen LogP contribution in [0.4, 0.5) is 17.5 Å². The maximum Gasteiger partial charge on any atom is 0.172 e. The molecule has 162 valence electrons. The van der Waals surface area contributed by atoms with E-state index in [-0.39, 0.29) is 0 Å². The molecule has 6 nitrogen and oxygen atoms in total. The van der Waals surface area contributed by atoms with Gasteiger partial charge in [0.25, 0.3) is 0 Å². The van der Waals surface area contributed by atoms with Gasteiger partial charge in [-0.25, -0.2) is 15.0 Å². The van der Waals surface area contributed by atoms with Crippen molar-refractivity contribution in [1.29, 1.82) is 0 Å². The third-order valence-electron chi connectivity index (χ3n) is 6.75. The van der Waals surface area contributed by atoms with Gasteiger partial charge in [-0.1, -0.05) is 30.3 Å². The van der Waals surface area contributed by atoms with Crippen LogP contribution < -0.4 is 14.7 Å². The van der Waals surface area contributed by atoms with Crippen LogP contribution in [0.5, 0.6) is 0 Å². The van der Waals surface area contributed by atoms with Crippen molar-refractivity contribution in [2.45, 2.75) is 19.8 Å². The lowest BCUT2D eigenvalue weighted by Crippen LogP contribution is -2.47. The molecule has 4 aromatic rings. The number of piperazine rings is 1. The standard InChI is InChI=1S/C26H28N6/c1-19-18-24(27-21-9-3-2-8-20(19)21)30-14-16-32(17-15-30)26-25(31-12-6-7-13-31)28-22-10-4-5-11-23(22)29-26/h2-5,8-11,18H,6-7,12-17H2,1H3. The Labute approximate surface area is 188 Å². The van der Waals surface area contributed by atoms with Crippen LogP contribution in [0.15, 0.2) is 54.6 Å². The minimum atomic E-state index is 0.918. The van der Waals surface area contributed by atoms with Crippen molar-refractivity contribution in [3.8, 4) is 0 Å². The van der Waals surface area contributed by atoms with E-state index in [0.29, 0.717) is 0 Å². The molecule has 0 spiro atoms. The van der Waals surface area contributed by atoms with Gasteiger partial charge in [-0.3, -0.25) is 0 Å². The van der Waals surface area contributed by atoms with Gasteiger partial charge in [0, 0.05) is 44.7 Å². The number of aromatic nitrogens is 3. The highest BCUT2D eigenvalue weighted by molar-refractivity contribution is 5.84. The van der Waals surface area contributed by atoms with E-state index < -0.39 is 0 Å². The first-order valence-electron chi connectivity index (χ1n) is 11.6. The van der Waals surface area contributed by atoms with Crippen LogP contribution in [0, 0.1) is 6.92 Å². The molecular formula is C26H28N6. The Bertz CT molecular complexity index is 1270. The number of benzene rings is 2. The van der Waals surface area contributed by atoms with Crippen LogP contribution in [0.2, 0.25) is 0 Å². The number of rotatable bonds is 3. The van der Waals surface area contributed by atoms with E-state index >= 15 is 0 Å². The number of anilines is 3. The smallest absolute Gasteiger partial charge is 0.172 e. The summed E-state index contributed by atoms with van der Waals surface area (Å²) in [5.41, 5.74) is 4.30. The number of nitrogens with zero attached hydrogens (tertiary/aromatic N) is 6. The molecule has 0 atom stereocenters. The lowest BCUT2D eigenvalue weighted by molar-refractivity contribution is 0.641. The van der Waals surface area contributed by atoms with Crippen LogP contribution in [0.25, 0.3) is 21.9 Å². The maximum absolute atomic E-state index is 5.08. The molecule has 2 aliphatic heterocycles. The molecule has 2 aromatic carbocycles. The molecule has 0 saturated carbocycles. The van der Waals surface area contributed by atoms with Crippen LogP contribution in [0.3, 0.4) is 0 Å². The monoisotopic (exact) mass is 424 g/mol. The number of fused-ring (bicyclic) bond motifs is 2. The van der Waals surface area contributed by atoms with Crippen LogP contribution in [0.1, 0.15) is 18.4 Å². The Morgan fingerprint density at radius 3 is 1.78 bits per heavy atom. The number of aryl methyl sites for hydroxylation is 1. The summed E-state index contributed by atoms with van der Waals surface area (Å²) < 4.78 is 0. The minimum absolute atomic E-state index is 0.918. The average Bonchev–Trinajstić information content (AvgIpc) is 3.38. The molecule has 4 heterocycles. The van der Waals surface area contributed by atoms with E-state index in [0.717, 1.165) is 73.3 Å². The fourth-order valence-electron chi connectivity index (χ4n) is 4.98. The third-order valence-corrected chi connectivity index (χ3v) is 6.75. The van der Waals surface area contributed by atoms with Gasteiger partial charge in [-0.05, 0) is 49.6 Å². The fourth-order valence-corrected chi connectivity index (χ4v) is 4.98. The molecule has 2 aromatic heterocycles. The van der Waals surface area contributed by atoms with Gasteiger partial charge in [0.05, 0.1) is 16.6 Å². The summed E-state index contributed by atoms with van der Waals surface area (Å²) in [5, 5.41) is 1.23. The summed E-state index contributed by atoms with van der Waals surface area (Å²) in [5.74, 6) is 3.16. The molecule has 0 unspecified atom stereocenters. The van der Waals surface area contributed by atoms with E-state index in [1.54, 1.807) is 0 Å². The summed E-state index contributed by atoms with van der Waals surface area (Å²) in [6.07, 6.45) is 2.46. The Morgan fingerprint density at radius 2 is 1.12 bits per heavy atom. The highest BCUT2D eigenvalue weighted by atomic mass is 15.3. The molecule has 6 rings (SSSR count). The minimum Gasteiger partial charge on any atom is -0.354 e. The molecule has 0 amide bonds. The van der Waals surface area contributed by atoms with Crippen molar-refractivity contribution in [1.82, 2.24) is 15.0 Å². The maximum atomic E-state index is 5.08. The Kier molecular flexibility index (Phi) is 4.78. The zero-order valence-electron chi connectivity index (χ0n) is 18.5. The summed E-state index contributed by atoms with van der Waals surface area (Å²) in [4.78, 5) is 22.3. The molecule has 2 aliphatic rings. The first-order chi connectivity index (χ1) is 15.8. The quantitative estimate of drug-likeness (QED) is 0.485. The molecule has 0 N–H and O–H groups in total. The van der Waals surface area contributed by atoms with Crippen molar-refractivity contribution in [3.05, 3.63) is 60.2 Å². The highest BCUT2D eigenvalue weighted by Crippen LogP contribution is 2.32. The molecule has 2 fully saturated rings. The highest BCUT2D eigenvalue weighted by Gasteiger charge is 2.26. The SMILES string of the molecule is Cc1cc(N2CCN(c3nc4ccccc4nc3N3CCCC3)CC2)nc2ccccc12. The lowest BCUT2D eigenvalue weighted by atomic mass is 10.1. The predicted molar refractivity (Wildman–Crippen MR) is 132 cm³/mol. The second kappa shape index (κ2) is 7.93. The molecule has 0 bridgehead atoms. The van der Waals surface area contributed by atoms with Crippen LogP contribution in [-0.2, 0) is 0 Å². The molecule has 2 saturated heterocycles. The second-order valence-electron chi connectivity index (χ2n) is 8.84. The molecule has 0 radical (unpaired) electrons. The van der Waals surface area contributed by atoms with Crippen molar-refractivity contribution in [2.75, 3.05) is 54.0 Å². The number of hydrogen-bond acceptors (Lipinski definition) is 6. The van der Waals surface area contributed by atoms with Crippen molar-refractivity contribution >= 4 is 39.4 Å². The Hall–Kier alpha value is -3.41. The molecule has 32 heavy (non-hydrogen) atoms. The molecule has 6 heteroatoms. The van der Waals surface area contributed by atoms with Crippen molar-refractivity contribution < 1.29 is 0 Å². The zero-order chi connectivity index (χ0) is 21.5. The Balaban J connectivity index is 1.29. The van der Waals surface area contributed by atoms with E-state index in [2.05, 4.69) is 64.1 Å². The summed E-state index contributed by atoms with van der Waals surface area (Å²) in [6, 6.07) is 18.8. The van der Waals surface area contributed by atoms with E-state index in [4.69, 9.17) is 15.0 Å². The van der Waals surface area contributed by atoms with Gasteiger partial charge in [0.2, 0.25) is 0 Å². The zero-order valence-corrected chi connectivity index (χ0v) is 18.5. The number of hydrogen-bond donors (Lipinski definition) is 0. The van der Waals surface area contributed by atoms with Crippen LogP contribution >= 0.6 is 0 Å². The van der Waals surface area contributed by atoms with Gasteiger partial charge in [0.15, 0.2) is 11.6 Å². The number of para-hydroxylation sites is 3. The van der Waals surface area contributed by atoms with Crippen molar-refractivity contribution in [2.24, 2.45) is 0 Å². The van der Waals surface area contributed by atoms with Gasteiger partial charge >= 0.3 is 0 Å². The average molecular weight is 425 g/mol. The summed E-state index contributed by atoms with van der Waals surface area (Å²) >= 11 is 0. The topological polar surface area (TPSA) is 48.4 Å². The van der Waals surface area contributed by atoms with Crippen molar-refractivity contribution in [3.63, 3.8) is 0 Å². The van der Waals surface area contributed by atoms with Gasteiger partial charge in [0.1, 0.15) is 5.82 Å². The largest absolute Gasteiger partial charge is 0.354 e. The van der Waals surface area contributed by atoms with E-state index in [1.807, 2.05) is 12.1 Å². The predicted octanol–water partition coefficient (Wildman–Crippen LogP) is 4.41. The molecular weight excluding hydrogens is 396 g/mol. The second-order valence-corrected chi connectivity index (χ2v) is 8.84. The van der Waals surface area contributed by atoms with Gasteiger partial charge in [-0.2, -0.15) is 0 Å². The van der Waals surface area contributed by atoms with Crippen LogP contribution in [-0.4, -0.2) is 54.2 Å². The molecule has 0 aliphatic carbocycles. The van der Waals surface area contributed by atoms with Gasteiger partial charge < -0.3 is 14.7 Å². The normalized spacial score (nSPS) is 17.0. The Morgan fingerprint density at radius 1 is 0.594 bits per heavy atom. The lowest BCUT2D eigenvalue weighted by Gasteiger charge is -2.37. The van der Waals surface area contributed by atoms with E-state index in [1.165, 1.54) is 23.8 Å². The first kappa shape index (κ1) is 19.3. The fraction of sp³-hybridized carbons (Fsp3) is 0.346. The number of pyridine rings is 1.